The standard InChI is InChI=1S/C33H37ClF3N3O4S/c1-4-30(32(42)38-25-7-5-6-8-25)39(20-24-13-9-22(2)10-14-24)31(41)21-40(45(43,44)27-16-11-23(3)12-17-27)26-15-18-29(34)28(19-26)33(35,36)37/h9-19,25,30H,4-8,20-21H2,1-3H3,(H,38,42)/t30-/m0/s1. The van der Waals surface area contributed by atoms with E-state index in [1.165, 1.54) is 17.0 Å². The lowest BCUT2D eigenvalue weighted by atomic mass is 10.1. The Morgan fingerprint density at radius 1 is 0.956 bits per heavy atom. The molecular formula is C33H37ClF3N3O4S. The molecule has 1 N–H and O–H groups in total. The quantitative estimate of drug-likeness (QED) is 0.239. The highest BCUT2D eigenvalue weighted by Crippen LogP contribution is 2.38. The highest BCUT2D eigenvalue weighted by Gasteiger charge is 2.37. The number of halogens is 4. The van der Waals surface area contributed by atoms with Crippen LogP contribution in [0.5, 0.6) is 0 Å². The highest BCUT2D eigenvalue weighted by atomic mass is 35.5. The third-order valence-corrected chi connectivity index (χ3v) is 10.1. The summed E-state index contributed by atoms with van der Waals surface area (Å²) >= 11 is 5.85. The van der Waals surface area contributed by atoms with E-state index in [2.05, 4.69) is 5.32 Å². The van der Waals surface area contributed by atoms with Crippen molar-refractivity contribution in [3.8, 4) is 0 Å². The lowest BCUT2D eigenvalue weighted by molar-refractivity contribution is -0.140. The minimum absolute atomic E-state index is 0.0114. The lowest BCUT2D eigenvalue weighted by Crippen LogP contribution is -2.53. The predicted octanol–water partition coefficient (Wildman–Crippen LogP) is 7.04. The molecule has 4 rings (SSSR count). The van der Waals surface area contributed by atoms with Crippen LogP contribution in [0.1, 0.15) is 61.3 Å². The van der Waals surface area contributed by atoms with Crippen LogP contribution < -0.4 is 9.62 Å². The largest absolute Gasteiger partial charge is 0.417 e. The molecule has 0 spiro atoms. The van der Waals surface area contributed by atoms with Gasteiger partial charge in [-0.3, -0.25) is 13.9 Å². The van der Waals surface area contributed by atoms with Crippen molar-refractivity contribution < 1.29 is 31.2 Å². The first kappa shape index (κ1) is 34.3. The number of nitrogens with zero attached hydrogens (tertiary/aromatic N) is 2. The molecule has 3 aromatic carbocycles. The van der Waals surface area contributed by atoms with Gasteiger partial charge >= 0.3 is 6.18 Å². The van der Waals surface area contributed by atoms with Gasteiger partial charge in [-0.2, -0.15) is 13.2 Å². The fourth-order valence-electron chi connectivity index (χ4n) is 5.43. The van der Waals surface area contributed by atoms with Gasteiger partial charge in [0.05, 0.1) is 21.2 Å². The summed E-state index contributed by atoms with van der Waals surface area (Å²) in [5.41, 5.74) is 0.836. The van der Waals surface area contributed by atoms with Crippen LogP contribution in [0.2, 0.25) is 5.02 Å². The number of anilines is 1. The summed E-state index contributed by atoms with van der Waals surface area (Å²) in [5.74, 6) is -1.10. The van der Waals surface area contributed by atoms with E-state index in [0.29, 0.717) is 15.9 Å². The minimum atomic E-state index is -4.88. The van der Waals surface area contributed by atoms with Gasteiger partial charge in [-0.1, -0.05) is 78.9 Å². The van der Waals surface area contributed by atoms with E-state index >= 15 is 0 Å². The summed E-state index contributed by atoms with van der Waals surface area (Å²) in [4.78, 5) is 28.9. The maximum Gasteiger partial charge on any atom is 0.417 e. The molecule has 0 unspecified atom stereocenters. The maximum atomic E-state index is 14.2. The summed E-state index contributed by atoms with van der Waals surface area (Å²) in [5, 5.41) is 2.42. The number of hydrogen-bond acceptors (Lipinski definition) is 4. The summed E-state index contributed by atoms with van der Waals surface area (Å²) < 4.78 is 70.2. The van der Waals surface area contributed by atoms with Gasteiger partial charge in [0.25, 0.3) is 10.0 Å². The Bertz CT molecular complexity index is 1610. The number of alkyl halides is 3. The molecule has 1 atom stereocenters. The van der Waals surface area contributed by atoms with E-state index in [0.717, 1.165) is 48.9 Å². The highest BCUT2D eigenvalue weighted by molar-refractivity contribution is 7.92. The van der Waals surface area contributed by atoms with Crippen LogP contribution in [-0.4, -0.2) is 43.8 Å². The molecule has 2 amide bonds. The van der Waals surface area contributed by atoms with Gasteiger partial charge in [0, 0.05) is 12.6 Å². The van der Waals surface area contributed by atoms with Gasteiger partial charge in [0.15, 0.2) is 0 Å². The van der Waals surface area contributed by atoms with Crippen molar-refractivity contribution in [1.82, 2.24) is 10.2 Å². The molecule has 0 radical (unpaired) electrons. The molecule has 7 nitrogen and oxygen atoms in total. The molecule has 0 bridgehead atoms. The van der Waals surface area contributed by atoms with Crippen molar-refractivity contribution >= 4 is 39.1 Å². The van der Waals surface area contributed by atoms with E-state index in [9.17, 15) is 31.2 Å². The summed E-state index contributed by atoms with van der Waals surface area (Å²) in [6, 6.07) is 14.9. The van der Waals surface area contributed by atoms with Crippen LogP contribution in [0.25, 0.3) is 0 Å². The molecule has 3 aromatic rings. The van der Waals surface area contributed by atoms with Crippen molar-refractivity contribution in [2.75, 3.05) is 10.8 Å². The molecule has 12 heteroatoms. The zero-order valence-electron chi connectivity index (χ0n) is 25.4. The van der Waals surface area contributed by atoms with E-state index in [-0.39, 0.29) is 35.5 Å². The van der Waals surface area contributed by atoms with E-state index in [4.69, 9.17) is 11.6 Å². The normalized spacial score (nSPS) is 14.6. The Labute approximate surface area is 267 Å². The smallest absolute Gasteiger partial charge is 0.352 e. The van der Waals surface area contributed by atoms with Gasteiger partial charge in [-0.15, -0.1) is 0 Å². The molecule has 0 heterocycles. The number of aryl methyl sites for hydroxylation is 2. The fourth-order valence-corrected chi connectivity index (χ4v) is 7.06. The average Bonchev–Trinajstić information content (AvgIpc) is 3.49. The Morgan fingerprint density at radius 3 is 2.09 bits per heavy atom. The molecule has 242 valence electrons. The summed E-state index contributed by atoms with van der Waals surface area (Å²) in [6.45, 7) is 4.56. The Kier molecular flexibility index (Phi) is 10.9. The van der Waals surface area contributed by atoms with Gasteiger partial charge in [-0.25, -0.2) is 8.42 Å². The van der Waals surface area contributed by atoms with Crippen LogP contribution >= 0.6 is 11.6 Å². The number of nitrogens with one attached hydrogen (secondary N) is 1. The van der Waals surface area contributed by atoms with Crippen molar-refractivity contribution in [2.45, 2.75) is 82.6 Å². The maximum absolute atomic E-state index is 14.2. The Hall–Kier alpha value is -3.57. The van der Waals surface area contributed by atoms with Crippen LogP contribution in [0.3, 0.4) is 0 Å². The molecule has 1 saturated carbocycles. The second-order valence-corrected chi connectivity index (χ2v) is 13.7. The number of sulfonamides is 1. The van der Waals surface area contributed by atoms with Crippen LogP contribution in [0.4, 0.5) is 18.9 Å². The molecule has 0 saturated heterocycles. The Morgan fingerprint density at radius 2 is 1.53 bits per heavy atom. The van der Waals surface area contributed by atoms with Crippen LogP contribution in [-0.2, 0) is 32.3 Å². The SMILES string of the molecule is CC[C@@H](C(=O)NC1CCCC1)N(Cc1ccc(C)cc1)C(=O)CN(c1ccc(Cl)c(C(F)(F)F)c1)S(=O)(=O)c1ccc(C)cc1. The first-order valence-electron chi connectivity index (χ1n) is 14.8. The molecule has 0 aliphatic heterocycles. The number of benzene rings is 3. The topological polar surface area (TPSA) is 86.8 Å². The van der Waals surface area contributed by atoms with Crippen LogP contribution in [0.15, 0.2) is 71.6 Å². The van der Waals surface area contributed by atoms with Crippen molar-refractivity contribution in [3.05, 3.63) is 94.0 Å². The molecule has 0 aromatic heterocycles. The first-order chi connectivity index (χ1) is 21.2. The van der Waals surface area contributed by atoms with Gasteiger partial charge in [0.2, 0.25) is 11.8 Å². The van der Waals surface area contributed by atoms with Gasteiger partial charge < -0.3 is 10.2 Å². The van der Waals surface area contributed by atoms with Crippen LogP contribution in [0, 0.1) is 13.8 Å². The molecule has 1 fully saturated rings. The van der Waals surface area contributed by atoms with E-state index < -0.39 is 45.3 Å². The molecule has 1 aliphatic rings. The fraction of sp³-hybridized carbons (Fsp3) is 0.394. The number of hydrogen-bond donors (Lipinski definition) is 1. The number of amides is 2. The van der Waals surface area contributed by atoms with Crippen molar-refractivity contribution in [2.24, 2.45) is 0 Å². The number of carbonyl (C=O) groups excluding carboxylic acids is 2. The Balaban J connectivity index is 1.78. The predicted molar refractivity (Wildman–Crippen MR) is 168 cm³/mol. The summed E-state index contributed by atoms with van der Waals surface area (Å²) in [6.07, 6.45) is -1.01. The average molecular weight is 664 g/mol. The van der Waals surface area contributed by atoms with E-state index in [1.54, 1.807) is 26.0 Å². The number of carbonyl (C=O) groups is 2. The van der Waals surface area contributed by atoms with Crippen molar-refractivity contribution in [1.29, 1.82) is 0 Å². The number of rotatable bonds is 11. The molecular weight excluding hydrogens is 627 g/mol. The first-order valence-corrected chi connectivity index (χ1v) is 16.6. The zero-order chi connectivity index (χ0) is 32.9. The zero-order valence-corrected chi connectivity index (χ0v) is 27.0. The second-order valence-electron chi connectivity index (χ2n) is 11.4. The lowest BCUT2D eigenvalue weighted by Gasteiger charge is -2.34. The third-order valence-electron chi connectivity index (χ3n) is 7.99. The van der Waals surface area contributed by atoms with Gasteiger partial charge in [-0.05, 0) is 69.0 Å². The van der Waals surface area contributed by atoms with E-state index in [1.807, 2.05) is 31.2 Å². The third kappa shape index (κ3) is 8.38. The summed E-state index contributed by atoms with van der Waals surface area (Å²) in [7, 11) is -4.55. The molecule has 1 aliphatic carbocycles. The minimum Gasteiger partial charge on any atom is -0.352 e. The molecule has 45 heavy (non-hydrogen) atoms. The monoisotopic (exact) mass is 663 g/mol. The second kappa shape index (κ2) is 14.2. The van der Waals surface area contributed by atoms with Crippen molar-refractivity contribution in [3.63, 3.8) is 0 Å². The van der Waals surface area contributed by atoms with Gasteiger partial charge in [0.1, 0.15) is 12.6 Å².